The van der Waals surface area contributed by atoms with Crippen molar-refractivity contribution in [3.63, 3.8) is 0 Å². The van der Waals surface area contributed by atoms with Crippen LogP contribution in [-0.2, 0) is 10.2 Å². The standard InChI is InChI=1S/C13H20FN3O3S/c1-16(21(18,19)17-8-6-15-7-9-17)10-11-20-13-4-2-12(14)3-5-13/h2-5,15H,6-11H2,1H3. The molecule has 0 amide bonds. The van der Waals surface area contributed by atoms with Crippen LogP contribution < -0.4 is 10.1 Å². The first-order chi connectivity index (χ1) is 10.00. The van der Waals surface area contributed by atoms with Gasteiger partial charge in [0.1, 0.15) is 18.2 Å². The smallest absolute Gasteiger partial charge is 0.281 e. The fourth-order valence-corrected chi connectivity index (χ4v) is 3.35. The predicted molar refractivity (Wildman–Crippen MR) is 77.9 cm³/mol. The molecule has 1 aromatic carbocycles. The van der Waals surface area contributed by atoms with Crippen molar-refractivity contribution < 1.29 is 17.5 Å². The molecule has 118 valence electrons. The number of piperazine rings is 1. The Kier molecular flexibility index (Phi) is 5.51. The van der Waals surface area contributed by atoms with E-state index in [-0.39, 0.29) is 19.0 Å². The number of benzene rings is 1. The Morgan fingerprint density at radius 1 is 1.29 bits per heavy atom. The van der Waals surface area contributed by atoms with Crippen LogP contribution >= 0.6 is 0 Å². The lowest BCUT2D eigenvalue weighted by molar-refractivity contribution is 0.270. The van der Waals surface area contributed by atoms with Crippen LogP contribution in [0, 0.1) is 5.82 Å². The average molecular weight is 317 g/mol. The van der Waals surface area contributed by atoms with Crippen LogP contribution in [0.3, 0.4) is 0 Å². The largest absolute Gasteiger partial charge is 0.492 e. The molecule has 1 N–H and O–H groups in total. The van der Waals surface area contributed by atoms with Crippen LogP contribution in [-0.4, -0.2) is 63.4 Å². The van der Waals surface area contributed by atoms with Crippen molar-refractivity contribution in [2.45, 2.75) is 0 Å². The summed E-state index contributed by atoms with van der Waals surface area (Å²) in [6.07, 6.45) is 0. The third-order valence-corrected chi connectivity index (χ3v) is 5.27. The molecule has 1 aliphatic heterocycles. The first-order valence-corrected chi connectivity index (χ1v) is 8.20. The van der Waals surface area contributed by atoms with E-state index in [9.17, 15) is 12.8 Å². The topological polar surface area (TPSA) is 61.9 Å². The minimum Gasteiger partial charge on any atom is -0.492 e. The van der Waals surface area contributed by atoms with E-state index >= 15 is 0 Å². The third kappa shape index (κ3) is 4.37. The van der Waals surface area contributed by atoms with E-state index in [1.165, 1.54) is 39.9 Å². The summed E-state index contributed by atoms with van der Waals surface area (Å²) in [6.45, 7) is 2.74. The highest BCUT2D eigenvalue weighted by molar-refractivity contribution is 7.86. The summed E-state index contributed by atoms with van der Waals surface area (Å²) >= 11 is 0. The van der Waals surface area contributed by atoms with Crippen LogP contribution in [0.2, 0.25) is 0 Å². The van der Waals surface area contributed by atoms with Gasteiger partial charge in [-0.2, -0.15) is 17.0 Å². The first kappa shape index (κ1) is 16.2. The van der Waals surface area contributed by atoms with Crippen LogP contribution in [0.1, 0.15) is 0 Å². The summed E-state index contributed by atoms with van der Waals surface area (Å²) in [5, 5.41) is 3.11. The maximum absolute atomic E-state index is 12.7. The zero-order chi connectivity index (χ0) is 15.3. The van der Waals surface area contributed by atoms with Crippen molar-refractivity contribution in [2.24, 2.45) is 0 Å². The fourth-order valence-electron chi connectivity index (χ4n) is 2.01. The molecule has 2 rings (SSSR count). The van der Waals surface area contributed by atoms with E-state index < -0.39 is 10.2 Å². The molecule has 0 aliphatic carbocycles. The highest BCUT2D eigenvalue weighted by Gasteiger charge is 2.27. The lowest BCUT2D eigenvalue weighted by Gasteiger charge is -2.30. The molecule has 0 bridgehead atoms. The van der Waals surface area contributed by atoms with E-state index in [2.05, 4.69) is 5.32 Å². The molecule has 1 aliphatic rings. The molecular formula is C13H20FN3O3S. The second kappa shape index (κ2) is 7.17. The Morgan fingerprint density at radius 3 is 2.52 bits per heavy atom. The van der Waals surface area contributed by atoms with Gasteiger partial charge in [0.25, 0.3) is 10.2 Å². The summed E-state index contributed by atoms with van der Waals surface area (Å²) < 4.78 is 45.5. The summed E-state index contributed by atoms with van der Waals surface area (Å²) in [4.78, 5) is 0. The molecule has 0 saturated carbocycles. The van der Waals surface area contributed by atoms with Gasteiger partial charge in [-0.15, -0.1) is 0 Å². The maximum atomic E-state index is 12.7. The highest BCUT2D eigenvalue weighted by atomic mass is 32.2. The molecule has 21 heavy (non-hydrogen) atoms. The van der Waals surface area contributed by atoms with Crippen molar-refractivity contribution in [1.82, 2.24) is 13.9 Å². The van der Waals surface area contributed by atoms with E-state index in [4.69, 9.17) is 4.74 Å². The van der Waals surface area contributed by atoms with Gasteiger partial charge in [0.15, 0.2) is 0 Å². The van der Waals surface area contributed by atoms with E-state index in [1.807, 2.05) is 0 Å². The van der Waals surface area contributed by atoms with Gasteiger partial charge < -0.3 is 10.1 Å². The second-order valence-electron chi connectivity index (χ2n) is 4.78. The normalized spacial score (nSPS) is 17.1. The molecule has 8 heteroatoms. The van der Waals surface area contributed by atoms with Gasteiger partial charge in [-0.1, -0.05) is 0 Å². The molecular weight excluding hydrogens is 297 g/mol. The molecule has 6 nitrogen and oxygen atoms in total. The van der Waals surface area contributed by atoms with Gasteiger partial charge in [-0.05, 0) is 24.3 Å². The third-order valence-electron chi connectivity index (χ3n) is 3.28. The van der Waals surface area contributed by atoms with Crippen LogP contribution in [0.15, 0.2) is 24.3 Å². The number of likely N-dealkylation sites (N-methyl/N-ethyl adjacent to an activating group) is 1. The number of nitrogens with zero attached hydrogens (tertiary/aromatic N) is 2. The number of halogens is 1. The van der Waals surface area contributed by atoms with Crippen molar-refractivity contribution >= 4 is 10.2 Å². The molecule has 0 aromatic heterocycles. The van der Waals surface area contributed by atoms with Gasteiger partial charge in [0, 0.05) is 39.8 Å². The Hall–Kier alpha value is -1.22. The summed E-state index contributed by atoms with van der Waals surface area (Å²) in [6, 6.07) is 5.63. The van der Waals surface area contributed by atoms with E-state index in [0.717, 1.165) is 0 Å². The van der Waals surface area contributed by atoms with Crippen molar-refractivity contribution in [1.29, 1.82) is 0 Å². The molecule has 0 atom stereocenters. The molecule has 0 unspecified atom stereocenters. The predicted octanol–water partition coefficient (Wildman–Crippen LogP) is 0.286. The number of rotatable bonds is 6. The zero-order valence-electron chi connectivity index (χ0n) is 12.0. The lowest BCUT2D eigenvalue weighted by atomic mass is 10.3. The fraction of sp³-hybridized carbons (Fsp3) is 0.538. The minimum atomic E-state index is -3.44. The number of ether oxygens (including phenoxy) is 1. The number of hydrogen-bond donors (Lipinski definition) is 1. The lowest BCUT2D eigenvalue weighted by Crippen LogP contribution is -2.51. The Balaban J connectivity index is 1.83. The van der Waals surface area contributed by atoms with Gasteiger partial charge in [-0.25, -0.2) is 4.39 Å². The van der Waals surface area contributed by atoms with Crippen LogP contribution in [0.4, 0.5) is 4.39 Å². The SMILES string of the molecule is CN(CCOc1ccc(F)cc1)S(=O)(=O)N1CCNCC1. The first-order valence-electron chi connectivity index (χ1n) is 6.80. The van der Waals surface area contributed by atoms with Crippen molar-refractivity contribution in [2.75, 3.05) is 46.4 Å². The number of hydrogen-bond acceptors (Lipinski definition) is 4. The van der Waals surface area contributed by atoms with Crippen molar-refractivity contribution in [3.05, 3.63) is 30.1 Å². The van der Waals surface area contributed by atoms with E-state index in [0.29, 0.717) is 31.9 Å². The van der Waals surface area contributed by atoms with Gasteiger partial charge in [-0.3, -0.25) is 0 Å². The van der Waals surface area contributed by atoms with Gasteiger partial charge in [0.05, 0.1) is 0 Å². The minimum absolute atomic E-state index is 0.216. The average Bonchev–Trinajstić information content (AvgIpc) is 2.50. The molecule has 1 heterocycles. The zero-order valence-corrected chi connectivity index (χ0v) is 12.8. The van der Waals surface area contributed by atoms with Crippen LogP contribution in [0.25, 0.3) is 0 Å². The summed E-state index contributed by atoms with van der Waals surface area (Å²) in [7, 11) is -1.90. The molecule has 0 radical (unpaired) electrons. The second-order valence-corrected chi connectivity index (χ2v) is 6.82. The molecule has 1 fully saturated rings. The monoisotopic (exact) mass is 317 g/mol. The Bertz CT molecular complexity index is 544. The highest BCUT2D eigenvalue weighted by Crippen LogP contribution is 2.12. The van der Waals surface area contributed by atoms with E-state index in [1.54, 1.807) is 0 Å². The molecule has 0 spiro atoms. The van der Waals surface area contributed by atoms with Crippen LogP contribution in [0.5, 0.6) is 5.75 Å². The molecule has 1 aromatic rings. The quantitative estimate of drug-likeness (QED) is 0.819. The molecule has 1 saturated heterocycles. The Morgan fingerprint density at radius 2 is 1.90 bits per heavy atom. The van der Waals surface area contributed by atoms with Crippen molar-refractivity contribution in [3.8, 4) is 5.75 Å². The summed E-state index contributed by atoms with van der Waals surface area (Å²) in [5.74, 6) is 0.185. The van der Waals surface area contributed by atoms with Gasteiger partial charge in [0.2, 0.25) is 0 Å². The summed E-state index contributed by atoms with van der Waals surface area (Å²) in [5.41, 5.74) is 0. The number of nitrogens with one attached hydrogen (secondary N) is 1. The van der Waals surface area contributed by atoms with Gasteiger partial charge >= 0.3 is 0 Å². The maximum Gasteiger partial charge on any atom is 0.281 e. The Labute approximate surface area is 124 Å².